The zero-order chi connectivity index (χ0) is 18.2. The van der Waals surface area contributed by atoms with E-state index in [-0.39, 0.29) is 24.3 Å². The maximum Gasteiger partial charge on any atom is 0.244 e. The molecule has 25 heavy (non-hydrogen) atoms. The maximum atomic E-state index is 12.4. The van der Waals surface area contributed by atoms with Gasteiger partial charge in [-0.25, -0.2) is 0 Å². The van der Waals surface area contributed by atoms with Crippen LogP contribution in [0.3, 0.4) is 0 Å². The third-order valence-corrected chi connectivity index (χ3v) is 4.83. The van der Waals surface area contributed by atoms with E-state index in [4.69, 9.17) is 0 Å². The fourth-order valence-electron chi connectivity index (χ4n) is 2.56. The number of hydrogen-bond donors (Lipinski definition) is 1. The van der Waals surface area contributed by atoms with Gasteiger partial charge < -0.3 is 10.2 Å². The molecule has 0 fully saturated rings. The Morgan fingerprint density at radius 2 is 1.72 bits per heavy atom. The van der Waals surface area contributed by atoms with E-state index in [2.05, 4.69) is 5.32 Å². The molecule has 5 heteroatoms. The Kier molecular flexibility index (Phi) is 7.07. The Labute approximate surface area is 153 Å². The molecule has 0 unspecified atom stereocenters. The van der Waals surface area contributed by atoms with Gasteiger partial charge in [0.15, 0.2) is 0 Å². The van der Waals surface area contributed by atoms with Crippen molar-refractivity contribution >= 4 is 29.3 Å². The number of thioether (sulfide) groups is 1. The van der Waals surface area contributed by atoms with Crippen LogP contribution in [0.5, 0.6) is 0 Å². The molecule has 0 aliphatic rings. The highest BCUT2D eigenvalue weighted by Crippen LogP contribution is 2.24. The minimum atomic E-state index is -0.190. The van der Waals surface area contributed by atoms with Gasteiger partial charge in [0.05, 0.1) is 12.2 Å². The summed E-state index contributed by atoms with van der Waals surface area (Å²) in [5.41, 5.74) is 1.90. The molecule has 0 aliphatic carbocycles. The second kappa shape index (κ2) is 9.28. The highest BCUT2D eigenvalue weighted by Gasteiger charge is 2.17. The smallest absolute Gasteiger partial charge is 0.244 e. The SMILES string of the molecule is CSc1ccccc1NC(=O)CN(C)C(=O)C[C@H](C)c1ccccc1. The number of likely N-dealkylation sites (N-methyl/N-ethyl adjacent to an activating group) is 1. The third kappa shape index (κ3) is 5.64. The van der Waals surface area contributed by atoms with Crippen LogP contribution in [0.2, 0.25) is 0 Å². The van der Waals surface area contributed by atoms with Gasteiger partial charge in [-0.3, -0.25) is 9.59 Å². The first kappa shape index (κ1) is 19.1. The number of nitrogens with one attached hydrogen (secondary N) is 1. The van der Waals surface area contributed by atoms with Crippen molar-refractivity contribution in [2.45, 2.75) is 24.2 Å². The van der Waals surface area contributed by atoms with E-state index in [9.17, 15) is 9.59 Å². The van der Waals surface area contributed by atoms with Gasteiger partial charge in [-0.15, -0.1) is 11.8 Å². The van der Waals surface area contributed by atoms with Crippen molar-refractivity contribution in [3.8, 4) is 0 Å². The van der Waals surface area contributed by atoms with E-state index in [1.165, 1.54) is 4.90 Å². The predicted octanol–water partition coefficient (Wildman–Crippen LogP) is 4.00. The summed E-state index contributed by atoms with van der Waals surface area (Å²) in [5.74, 6) is -0.106. The highest BCUT2D eigenvalue weighted by molar-refractivity contribution is 7.98. The predicted molar refractivity (Wildman–Crippen MR) is 104 cm³/mol. The highest BCUT2D eigenvalue weighted by atomic mass is 32.2. The Morgan fingerprint density at radius 3 is 2.40 bits per heavy atom. The van der Waals surface area contributed by atoms with Crippen LogP contribution in [0.4, 0.5) is 5.69 Å². The van der Waals surface area contributed by atoms with Crippen molar-refractivity contribution in [2.24, 2.45) is 0 Å². The van der Waals surface area contributed by atoms with Gasteiger partial charge in [-0.05, 0) is 29.9 Å². The van der Waals surface area contributed by atoms with Gasteiger partial charge in [0.1, 0.15) is 0 Å². The summed E-state index contributed by atoms with van der Waals surface area (Å²) < 4.78 is 0. The topological polar surface area (TPSA) is 49.4 Å². The van der Waals surface area contributed by atoms with Gasteiger partial charge in [0, 0.05) is 18.4 Å². The average Bonchev–Trinajstić information content (AvgIpc) is 2.62. The number of carbonyl (C=O) groups excluding carboxylic acids is 2. The van der Waals surface area contributed by atoms with Crippen molar-refractivity contribution < 1.29 is 9.59 Å². The normalized spacial score (nSPS) is 11.6. The maximum absolute atomic E-state index is 12.4. The number of amides is 2. The van der Waals surface area contributed by atoms with E-state index in [1.807, 2.05) is 67.8 Å². The van der Waals surface area contributed by atoms with Crippen LogP contribution in [-0.4, -0.2) is 36.6 Å². The molecule has 1 atom stereocenters. The zero-order valence-electron chi connectivity index (χ0n) is 14.9. The van der Waals surface area contributed by atoms with Gasteiger partial charge in [0.25, 0.3) is 0 Å². The van der Waals surface area contributed by atoms with E-state index in [1.54, 1.807) is 18.8 Å². The first-order valence-corrected chi connectivity index (χ1v) is 9.45. The zero-order valence-corrected chi connectivity index (χ0v) is 15.7. The minimum absolute atomic E-state index is 0.0374. The largest absolute Gasteiger partial charge is 0.336 e. The van der Waals surface area contributed by atoms with Crippen LogP contribution in [0.15, 0.2) is 59.5 Å². The van der Waals surface area contributed by atoms with Crippen molar-refractivity contribution in [1.29, 1.82) is 0 Å². The van der Waals surface area contributed by atoms with Gasteiger partial charge in [-0.2, -0.15) is 0 Å². The summed E-state index contributed by atoms with van der Waals surface area (Å²) in [6, 6.07) is 17.6. The van der Waals surface area contributed by atoms with Crippen LogP contribution >= 0.6 is 11.8 Å². The van der Waals surface area contributed by atoms with E-state index in [0.29, 0.717) is 6.42 Å². The summed E-state index contributed by atoms with van der Waals surface area (Å²) in [6.07, 6.45) is 2.35. The number of para-hydroxylation sites is 1. The number of anilines is 1. The van der Waals surface area contributed by atoms with Crippen LogP contribution in [0.1, 0.15) is 24.8 Å². The summed E-state index contributed by atoms with van der Waals surface area (Å²) in [7, 11) is 1.67. The molecule has 0 saturated carbocycles. The molecule has 0 heterocycles. The van der Waals surface area contributed by atoms with Crippen molar-refractivity contribution in [2.75, 3.05) is 25.2 Å². The first-order valence-electron chi connectivity index (χ1n) is 8.23. The van der Waals surface area contributed by atoms with Crippen molar-refractivity contribution in [1.82, 2.24) is 4.90 Å². The monoisotopic (exact) mass is 356 g/mol. The molecule has 2 rings (SSSR count). The summed E-state index contributed by atoms with van der Waals surface area (Å²) >= 11 is 1.57. The van der Waals surface area contributed by atoms with Crippen LogP contribution < -0.4 is 5.32 Å². The Hall–Kier alpha value is -2.27. The fourth-order valence-corrected chi connectivity index (χ4v) is 3.11. The van der Waals surface area contributed by atoms with E-state index < -0.39 is 0 Å². The second-order valence-electron chi connectivity index (χ2n) is 6.01. The molecule has 0 radical (unpaired) electrons. The fraction of sp³-hybridized carbons (Fsp3) is 0.300. The molecule has 2 aromatic carbocycles. The molecule has 2 aromatic rings. The number of benzene rings is 2. The van der Waals surface area contributed by atoms with Gasteiger partial charge in [0.2, 0.25) is 11.8 Å². The van der Waals surface area contributed by atoms with Crippen molar-refractivity contribution in [3.05, 3.63) is 60.2 Å². The molecule has 0 aliphatic heterocycles. The summed E-state index contributed by atoms with van der Waals surface area (Å²) in [6.45, 7) is 2.07. The molecule has 0 bridgehead atoms. The molecule has 0 saturated heterocycles. The summed E-state index contributed by atoms with van der Waals surface area (Å²) in [5, 5.41) is 2.88. The van der Waals surface area contributed by atoms with Crippen LogP contribution in [0.25, 0.3) is 0 Å². The number of rotatable bonds is 7. The standard InChI is InChI=1S/C20H24N2O2S/c1-15(16-9-5-4-6-10-16)13-20(24)22(2)14-19(23)21-17-11-7-8-12-18(17)25-3/h4-12,15H,13-14H2,1-3H3,(H,21,23)/t15-/m0/s1. The first-order chi connectivity index (χ1) is 12.0. The molecule has 132 valence electrons. The number of carbonyl (C=O) groups is 2. The molecule has 0 aromatic heterocycles. The Morgan fingerprint density at radius 1 is 1.08 bits per heavy atom. The molecular weight excluding hydrogens is 332 g/mol. The minimum Gasteiger partial charge on any atom is -0.336 e. The summed E-state index contributed by atoms with van der Waals surface area (Å²) in [4.78, 5) is 27.1. The lowest BCUT2D eigenvalue weighted by Crippen LogP contribution is -2.35. The molecule has 1 N–H and O–H groups in total. The van der Waals surface area contributed by atoms with Gasteiger partial charge in [-0.1, -0.05) is 49.4 Å². The van der Waals surface area contributed by atoms with Gasteiger partial charge >= 0.3 is 0 Å². The Balaban J connectivity index is 1.89. The lowest BCUT2D eigenvalue weighted by molar-refractivity contribution is -0.133. The van der Waals surface area contributed by atoms with Crippen LogP contribution in [0, 0.1) is 0 Å². The number of hydrogen-bond acceptors (Lipinski definition) is 3. The molecule has 2 amide bonds. The van der Waals surface area contributed by atoms with Crippen LogP contribution in [-0.2, 0) is 9.59 Å². The molecular formula is C20H24N2O2S. The molecule has 4 nitrogen and oxygen atoms in total. The van der Waals surface area contributed by atoms with Crippen molar-refractivity contribution in [3.63, 3.8) is 0 Å². The average molecular weight is 356 g/mol. The van der Waals surface area contributed by atoms with E-state index >= 15 is 0 Å². The third-order valence-electron chi connectivity index (χ3n) is 4.04. The lowest BCUT2D eigenvalue weighted by atomic mass is 9.97. The van der Waals surface area contributed by atoms with E-state index in [0.717, 1.165) is 16.1 Å². The quantitative estimate of drug-likeness (QED) is 0.763. The molecule has 0 spiro atoms. The number of nitrogens with zero attached hydrogens (tertiary/aromatic N) is 1. The lowest BCUT2D eigenvalue weighted by Gasteiger charge is -2.20. The second-order valence-corrected chi connectivity index (χ2v) is 6.86. The Bertz CT molecular complexity index is 719.